The fraction of sp³-hybridized carbons (Fsp3) is 0.571. The fourth-order valence-electron chi connectivity index (χ4n) is 2.34. The summed E-state index contributed by atoms with van der Waals surface area (Å²) < 4.78 is 6.32. The van der Waals surface area contributed by atoms with Gasteiger partial charge in [-0.15, -0.1) is 0 Å². The number of hydrogen-bond donors (Lipinski definition) is 1. The maximum absolute atomic E-state index is 5.99. The van der Waals surface area contributed by atoms with Crippen molar-refractivity contribution in [3.8, 4) is 0 Å². The van der Waals surface area contributed by atoms with Crippen molar-refractivity contribution in [2.45, 2.75) is 24.9 Å². The first-order valence-corrected chi connectivity index (χ1v) is 7.25. The predicted octanol–water partition coefficient (Wildman–Crippen LogP) is 2.56. The molecule has 0 bridgehead atoms. The van der Waals surface area contributed by atoms with Crippen LogP contribution in [0.25, 0.3) is 0 Å². The molecule has 1 aliphatic rings. The van der Waals surface area contributed by atoms with E-state index in [4.69, 9.17) is 10.5 Å². The molecule has 1 aromatic carbocycles. The Bertz CT molecular complexity index is 365. The van der Waals surface area contributed by atoms with Crippen LogP contribution < -0.4 is 5.73 Å². The first-order valence-electron chi connectivity index (χ1n) is 6.46. The van der Waals surface area contributed by atoms with Gasteiger partial charge in [-0.2, -0.15) is 0 Å². The van der Waals surface area contributed by atoms with E-state index in [2.05, 4.69) is 45.1 Å². The summed E-state index contributed by atoms with van der Waals surface area (Å²) in [4.78, 5) is 2.49. The van der Waals surface area contributed by atoms with Gasteiger partial charge in [0, 0.05) is 36.8 Å². The number of nitrogens with two attached hydrogens (primary N) is 1. The van der Waals surface area contributed by atoms with Crippen molar-refractivity contribution < 1.29 is 4.74 Å². The topological polar surface area (TPSA) is 38.5 Å². The van der Waals surface area contributed by atoms with Crippen LogP contribution in [0.5, 0.6) is 0 Å². The van der Waals surface area contributed by atoms with Crippen molar-refractivity contribution in [2.75, 3.05) is 26.8 Å². The average molecular weight is 313 g/mol. The summed E-state index contributed by atoms with van der Waals surface area (Å²) in [7, 11) is 1.75. The molecule has 1 atom stereocenters. The Kier molecular flexibility index (Phi) is 5.18. The highest BCUT2D eigenvalue weighted by Crippen LogP contribution is 2.34. The Hall–Kier alpha value is -0.420. The molecular formula is C14H21BrN2O. The van der Waals surface area contributed by atoms with Crippen LogP contribution in [0.15, 0.2) is 28.7 Å². The summed E-state index contributed by atoms with van der Waals surface area (Å²) in [5, 5.41) is 0. The van der Waals surface area contributed by atoms with Gasteiger partial charge in [0.15, 0.2) is 0 Å². The zero-order valence-corrected chi connectivity index (χ0v) is 12.4. The Morgan fingerprint density at radius 1 is 1.39 bits per heavy atom. The van der Waals surface area contributed by atoms with Gasteiger partial charge in [0.05, 0.1) is 6.61 Å². The van der Waals surface area contributed by atoms with E-state index >= 15 is 0 Å². The molecule has 2 rings (SSSR count). The normalized spacial score (nSPS) is 17.1. The predicted molar refractivity (Wildman–Crippen MR) is 77.5 cm³/mol. The summed E-state index contributed by atoms with van der Waals surface area (Å²) in [6.45, 7) is 2.38. The molecule has 0 radical (unpaired) electrons. The molecule has 1 saturated carbocycles. The molecule has 100 valence electrons. The SMILES string of the molecule is COCCN(C1CC1)C(CN)c1ccc(Br)cc1. The lowest BCUT2D eigenvalue weighted by Gasteiger charge is -2.31. The van der Waals surface area contributed by atoms with Gasteiger partial charge in [-0.1, -0.05) is 28.1 Å². The molecule has 1 fully saturated rings. The first-order chi connectivity index (χ1) is 8.76. The lowest BCUT2D eigenvalue weighted by Crippen LogP contribution is -2.37. The van der Waals surface area contributed by atoms with Gasteiger partial charge in [0.2, 0.25) is 0 Å². The van der Waals surface area contributed by atoms with Gasteiger partial charge in [0.1, 0.15) is 0 Å². The van der Waals surface area contributed by atoms with E-state index in [1.54, 1.807) is 7.11 Å². The molecular weight excluding hydrogens is 292 g/mol. The second kappa shape index (κ2) is 6.66. The second-order valence-corrected chi connectivity index (χ2v) is 5.68. The molecule has 0 aromatic heterocycles. The van der Waals surface area contributed by atoms with E-state index in [1.165, 1.54) is 18.4 Å². The van der Waals surface area contributed by atoms with E-state index < -0.39 is 0 Å². The third kappa shape index (κ3) is 3.54. The third-order valence-electron chi connectivity index (χ3n) is 3.45. The molecule has 0 saturated heterocycles. The molecule has 1 aromatic rings. The minimum Gasteiger partial charge on any atom is -0.383 e. The van der Waals surface area contributed by atoms with Crippen LogP contribution in [0, 0.1) is 0 Å². The number of nitrogens with zero attached hydrogens (tertiary/aromatic N) is 1. The number of rotatable bonds is 7. The van der Waals surface area contributed by atoms with Gasteiger partial charge in [-0.25, -0.2) is 0 Å². The van der Waals surface area contributed by atoms with E-state index in [0.29, 0.717) is 18.6 Å². The molecule has 1 unspecified atom stereocenters. The summed E-state index contributed by atoms with van der Waals surface area (Å²) in [6, 6.07) is 9.48. The summed E-state index contributed by atoms with van der Waals surface area (Å²) in [5.41, 5.74) is 7.28. The van der Waals surface area contributed by atoms with Crippen LogP contribution in [0.2, 0.25) is 0 Å². The lowest BCUT2D eigenvalue weighted by atomic mass is 10.1. The Labute approximate surface area is 117 Å². The smallest absolute Gasteiger partial charge is 0.0590 e. The van der Waals surface area contributed by atoms with E-state index in [1.807, 2.05) is 0 Å². The van der Waals surface area contributed by atoms with Gasteiger partial charge < -0.3 is 10.5 Å². The molecule has 2 N–H and O–H groups in total. The van der Waals surface area contributed by atoms with Crippen LogP contribution in [-0.2, 0) is 4.74 Å². The minimum absolute atomic E-state index is 0.306. The van der Waals surface area contributed by atoms with Crippen LogP contribution in [0.4, 0.5) is 0 Å². The molecule has 3 nitrogen and oxygen atoms in total. The van der Waals surface area contributed by atoms with Crippen molar-refractivity contribution in [2.24, 2.45) is 5.73 Å². The number of halogens is 1. The lowest BCUT2D eigenvalue weighted by molar-refractivity contribution is 0.115. The number of hydrogen-bond acceptors (Lipinski definition) is 3. The minimum atomic E-state index is 0.306. The van der Waals surface area contributed by atoms with Gasteiger partial charge >= 0.3 is 0 Å². The molecule has 0 aliphatic heterocycles. The quantitative estimate of drug-likeness (QED) is 0.841. The number of methoxy groups -OCH3 is 1. The van der Waals surface area contributed by atoms with Gasteiger partial charge in [0.25, 0.3) is 0 Å². The maximum atomic E-state index is 5.99. The molecule has 0 spiro atoms. The van der Waals surface area contributed by atoms with Crippen LogP contribution in [0.1, 0.15) is 24.4 Å². The highest BCUT2D eigenvalue weighted by atomic mass is 79.9. The Morgan fingerprint density at radius 2 is 2.06 bits per heavy atom. The van der Waals surface area contributed by atoms with Crippen molar-refractivity contribution in [3.63, 3.8) is 0 Å². The average Bonchev–Trinajstić information content (AvgIpc) is 3.20. The molecule has 18 heavy (non-hydrogen) atoms. The number of benzene rings is 1. The summed E-state index contributed by atoms with van der Waals surface area (Å²) >= 11 is 3.47. The van der Waals surface area contributed by atoms with Gasteiger partial charge in [-0.3, -0.25) is 4.90 Å². The highest BCUT2D eigenvalue weighted by molar-refractivity contribution is 9.10. The zero-order chi connectivity index (χ0) is 13.0. The van der Waals surface area contributed by atoms with E-state index in [0.717, 1.165) is 17.6 Å². The highest BCUT2D eigenvalue weighted by Gasteiger charge is 2.33. The maximum Gasteiger partial charge on any atom is 0.0590 e. The second-order valence-electron chi connectivity index (χ2n) is 4.76. The zero-order valence-electron chi connectivity index (χ0n) is 10.8. The summed E-state index contributed by atoms with van der Waals surface area (Å²) in [5.74, 6) is 0. The Balaban J connectivity index is 2.11. The van der Waals surface area contributed by atoms with Crippen molar-refractivity contribution in [1.29, 1.82) is 0 Å². The van der Waals surface area contributed by atoms with Crippen molar-refractivity contribution in [3.05, 3.63) is 34.3 Å². The van der Waals surface area contributed by atoms with Crippen LogP contribution in [-0.4, -0.2) is 37.7 Å². The first kappa shape index (κ1) is 14.0. The Morgan fingerprint density at radius 3 is 2.56 bits per heavy atom. The van der Waals surface area contributed by atoms with Crippen molar-refractivity contribution >= 4 is 15.9 Å². The molecule has 4 heteroatoms. The summed E-state index contributed by atoms with van der Waals surface area (Å²) in [6.07, 6.45) is 2.58. The fourth-order valence-corrected chi connectivity index (χ4v) is 2.61. The largest absolute Gasteiger partial charge is 0.383 e. The standard InChI is InChI=1S/C14H21BrN2O/c1-18-9-8-17(13-6-7-13)14(10-16)11-2-4-12(15)5-3-11/h2-5,13-14H,6-10,16H2,1H3. The van der Waals surface area contributed by atoms with E-state index in [9.17, 15) is 0 Å². The number of ether oxygens (including phenoxy) is 1. The third-order valence-corrected chi connectivity index (χ3v) is 3.98. The molecule has 0 heterocycles. The van der Waals surface area contributed by atoms with Crippen molar-refractivity contribution in [1.82, 2.24) is 4.90 Å². The monoisotopic (exact) mass is 312 g/mol. The van der Waals surface area contributed by atoms with Crippen LogP contribution >= 0.6 is 15.9 Å². The van der Waals surface area contributed by atoms with E-state index in [-0.39, 0.29) is 0 Å². The molecule has 1 aliphatic carbocycles. The van der Waals surface area contributed by atoms with Crippen LogP contribution in [0.3, 0.4) is 0 Å². The van der Waals surface area contributed by atoms with Gasteiger partial charge in [-0.05, 0) is 30.5 Å². The molecule has 0 amide bonds.